The van der Waals surface area contributed by atoms with Crippen molar-refractivity contribution in [1.82, 2.24) is 20.4 Å². The zero-order valence-corrected chi connectivity index (χ0v) is 19.7. The Kier molecular flexibility index (Phi) is 6.70. The highest BCUT2D eigenvalue weighted by Crippen LogP contribution is 2.34. The number of fused-ring (bicyclic) bond motifs is 1. The van der Waals surface area contributed by atoms with E-state index in [2.05, 4.69) is 44.4 Å². The molecule has 2 aromatic carbocycles. The lowest BCUT2D eigenvalue weighted by molar-refractivity contribution is -0.125. The molecule has 180 valence electrons. The molecule has 0 unspecified atom stereocenters. The van der Waals surface area contributed by atoms with Crippen molar-refractivity contribution in [2.45, 2.75) is 38.6 Å². The Morgan fingerprint density at radius 1 is 1.17 bits per heavy atom. The lowest BCUT2D eigenvalue weighted by Gasteiger charge is -2.33. The maximum Gasteiger partial charge on any atom is 0.263 e. The average molecular weight is 474 g/mol. The summed E-state index contributed by atoms with van der Waals surface area (Å²) in [5, 5.41) is 8.06. The summed E-state index contributed by atoms with van der Waals surface area (Å²) in [5.41, 5.74) is 2.93. The number of nitrogens with one attached hydrogen (secondary N) is 1. The van der Waals surface area contributed by atoms with Crippen molar-refractivity contribution in [3.05, 3.63) is 72.3 Å². The third kappa shape index (κ3) is 5.16. The van der Waals surface area contributed by atoms with E-state index in [0.717, 1.165) is 37.8 Å². The van der Waals surface area contributed by atoms with Crippen LogP contribution in [-0.4, -0.2) is 40.2 Å². The van der Waals surface area contributed by atoms with Crippen LogP contribution in [0.3, 0.4) is 0 Å². The summed E-state index contributed by atoms with van der Waals surface area (Å²) in [4.78, 5) is 24.0. The van der Waals surface area contributed by atoms with Crippen LogP contribution >= 0.6 is 0 Å². The first-order valence-corrected chi connectivity index (χ1v) is 12.0. The van der Waals surface area contributed by atoms with Crippen LogP contribution in [-0.2, 0) is 11.2 Å². The van der Waals surface area contributed by atoms with Gasteiger partial charge >= 0.3 is 0 Å². The third-order valence-electron chi connectivity index (χ3n) is 6.56. The Morgan fingerprint density at radius 3 is 2.77 bits per heavy atom. The van der Waals surface area contributed by atoms with Crippen molar-refractivity contribution in [3.63, 3.8) is 0 Å². The summed E-state index contributed by atoms with van der Waals surface area (Å²) in [7, 11) is 0. The number of hydrogen-bond donors (Lipinski definition) is 1. The van der Waals surface area contributed by atoms with Gasteiger partial charge in [0.1, 0.15) is 29.0 Å². The fraction of sp³-hybridized carbons (Fsp3) is 0.333. The van der Waals surface area contributed by atoms with Crippen LogP contribution in [0, 0.1) is 11.7 Å². The minimum atomic E-state index is -0.319. The van der Waals surface area contributed by atoms with Crippen LogP contribution < -0.4 is 10.2 Å². The van der Waals surface area contributed by atoms with E-state index in [-0.39, 0.29) is 23.7 Å². The van der Waals surface area contributed by atoms with Gasteiger partial charge in [-0.3, -0.25) is 4.79 Å². The van der Waals surface area contributed by atoms with E-state index in [1.54, 1.807) is 12.1 Å². The monoisotopic (exact) mass is 473 g/mol. The number of benzene rings is 2. The molecule has 1 N–H and O–H groups in total. The van der Waals surface area contributed by atoms with E-state index in [9.17, 15) is 9.18 Å². The van der Waals surface area contributed by atoms with Crippen molar-refractivity contribution >= 4 is 22.8 Å². The van der Waals surface area contributed by atoms with Gasteiger partial charge in [-0.1, -0.05) is 35.5 Å². The van der Waals surface area contributed by atoms with Gasteiger partial charge in [-0.2, -0.15) is 4.98 Å². The molecule has 0 bridgehead atoms. The quantitative estimate of drug-likeness (QED) is 0.416. The topological polar surface area (TPSA) is 84.2 Å². The highest BCUT2D eigenvalue weighted by molar-refractivity contribution is 5.98. The minimum absolute atomic E-state index is 0.0737. The van der Waals surface area contributed by atoms with Crippen molar-refractivity contribution in [3.8, 4) is 11.3 Å². The molecule has 2 aromatic heterocycles. The van der Waals surface area contributed by atoms with Gasteiger partial charge in [-0.05, 0) is 62.4 Å². The predicted molar refractivity (Wildman–Crippen MR) is 132 cm³/mol. The molecule has 5 rings (SSSR count). The standard InChI is InChI=1S/C27H28FN5O2/c1-18(9-10-19-6-3-2-4-7-19)31-26(34)21-8-5-15-33(16-21)25-23-24(20-11-13-22(28)14-12-20)32-35-27(23)30-17-29-25/h2-4,6-7,11-14,17-18,21H,5,8-10,15-16H2,1H3,(H,31,34)/t18-,21+/m0/s1. The maximum atomic E-state index is 13.4. The van der Waals surface area contributed by atoms with Gasteiger partial charge in [0.2, 0.25) is 5.91 Å². The van der Waals surface area contributed by atoms with E-state index in [0.29, 0.717) is 29.2 Å². The molecule has 35 heavy (non-hydrogen) atoms. The number of piperidine rings is 1. The zero-order chi connectivity index (χ0) is 24.2. The van der Waals surface area contributed by atoms with Gasteiger partial charge < -0.3 is 14.7 Å². The summed E-state index contributed by atoms with van der Waals surface area (Å²) in [6, 6.07) is 16.5. The molecule has 0 spiro atoms. The molecule has 1 amide bonds. The fourth-order valence-corrected chi connectivity index (χ4v) is 4.66. The van der Waals surface area contributed by atoms with Gasteiger partial charge in [-0.25, -0.2) is 9.37 Å². The van der Waals surface area contributed by atoms with Crippen molar-refractivity contribution in [1.29, 1.82) is 0 Å². The molecule has 8 heteroatoms. The van der Waals surface area contributed by atoms with Crippen LogP contribution in [0.5, 0.6) is 0 Å². The molecule has 7 nitrogen and oxygen atoms in total. The number of anilines is 1. The van der Waals surface area contributed by atoms with Crippen LogP contribution in [0.4, 0.5) is 10.2 Å². The van der Waals surface area contributed by atoms with E-state index < -0.39 is 0 Å². The number of aryl methyl sites for hydroxylation is 1. The summed E-state index contributed by atoms with van der Waals surface area (Å²) in [6.07, 6.45) is 4.97. The van der Waals surface area contributed by atoms with Gasteiger partial charge in [0, 0.05) is 24.7 Å². The minimum Gasteiger partial charge on any atom is -0.355 e. The van der Waals surface area contributed by atoms with Gasteiger partial charge in [-0.15, -0.1) is 0 Å². The number of aromatic nitrogens is 3. The SMILES string of the molecule is C[C@@H](CCc1ccccc1)NC(=O)[C@@H]1CCCN(c2ncnc3onc(-c4ccc(F)cc4)c23)C1. The van der Waals surface area contributed by atoms with E-state index in [1.807, 2.05) is 18.2 Å². The molecule has 4 aromatic rings. The zero-order valence-electron chi connectivity index (χ0n) is 19.7. The second kappa shape index (κ2) is 10.2. The van der Waals surface area contributed by atoms with Gasteiger partial charge in [0.05, 0.1) is 5.92 Å². The summed E-state index contributed by atoms with van der Waals surface area (Å²) < 4.78 is 18.9. The Bertz CT molecular complexity index is 1290. The van der Waals surface area contributed by atoms with Crippen LogP contribution in [0.1, 0.15) is 31.7 Å². The first-order chi connectivity index (χ1) is 17.1. The second-order valence-electron chi connectivity index (χ2n) is 9.13. The molecule has 3 heterocycles. The van der Waals surface area contributed by atoms with Crippen molar-refractivity contribution in [2.24, 2.45) is 5.92 Å². The number of carbonyl (C=O) groups is 1. The molecule has 0 saturated carbocycles. The molecule has 1 aliphatic heterocycles. The van der Waals surface area contributed by atoms with Crippen LogP contribution in [0.25, 0.3) is 22.4 Å². The first kappa shape index (κ1) is 23.0. The third-order valence-corrected chi connectivity index (χ3v) is 6.56. The summed E-state index contributed by atoms with van der Waals surface area (Å²) >= 11 is 0. The highest BCUT2D eigenvalue weighted by Gasteiger charge is 2.29. The van der Waals surface area contributed by atoms with Crippen LogP contribution in [0.2, 0.25) is 0 Å². The number of amides is 1. The average Bonchev–Trinajstić information content (AvgIpc) is 3.33. The lowest BCUT2D eigenvalue weighted by Crippen LogP contribution is -2.45. The van der Waals surface area contributed by atoms with Crippen LogP contribution in [0.15, 0.2) is 65.4 Å². The molecule has 1 fully saturated rings. The highest BCUT2D eigenvalue weighted by atomic mass is 19.1. The summed E-state index contributed by atoms with van der Waals surface area (Å²) in [5.74, 6) is 0.304. The number of nitrogens with zero attached hydrogens (tertiary/aromatic N) is 4. The van der Waals surface area contributed by atoms with Gasteiger partial charge in [0.15, 0.2) is 0 Å². The number of rotatable bonds is 7. The Labute approximate surface area is 203 Å². The number of hydrogen-bond acceptors (Lipinski definition) is 6. The normalized spacial score (nSPS) is 16.9. The Hall–Kier alpha value is -3.81. The lowest BCUT2D eigenvalue weighted by atomic mass is 9.96. The van der Waals surface area contributed by atoms with Crippen molar-refractivity contribution < 1.29 is 13.7 Å². The smallest absolute Gasteiger partial charge is 0.263 e. The molecule has 2 atom stereocenters. The van der Waals surface area contributed by atoms with E-state index in [4.69, 9.17) is 4.52 Å². The van der Waals surface area contributed by atoms with E-state index in [1.165, 1.54) is 24.0 Å². The maximum absolute atomic E-state index is 13.4. The van der Waals surface area contributed by atoms with Crippen molar-refractivity contribution in [2.75, 3.05) is 18.0 Å². The Morgan fingerprint density at radius 2 is 1.97 bits per heavy atom. The molecule has 0 radical (unpaired) electrons. The second-order valence-corrected chi connectivity index (χ2v) is 9.13. The first-order valence-electron chi connectivity index (χ1n) is 12.0. The predicted octanol–water partition coefficient (Wildman–Crippen LogP) is 4.78. The molecule has 0 aliphatic carbocycles. The molecule has 1 aliphatic rings. The van der Waals surface area contributed by atoms with Gasteiger partial charge in [0.25, 0.3) is 5.71 Å². The number of carbonyl (C=O) groups excluding carboxylic acids is 1. The fourth-order valence-electron chi connectivity index (χ4n) is 4.66. The summed E-state index contributed by atoms with van der Waals surface area (Å²) in [6.45, 7) is 3.38. The largest absolute Gasteiger partial charge is 0.355 e. The molecular weight excluding hydrogens is 445 g/mol. The Balaban J connectivity index is 1.30. The molecule has 1 saturated heterocycles. The molecular formula is C27H28FN5O2. The number of halogens is 1. The van der Waals surface area contributed by atoms with E-state index >= 15 is 0 Å².